The highest BCUT2D eigenvalue weighted by Crippen LogP contribution is 2.48. The van der Waals surface area contributed by atoms with E-state index in [2.05, 4.69) is 83.8 Å². The van der Waals surface area contributed by atoms with Crippen LogP contribution in [0.5, 0.6) is 0 Å². The third-order valence-electron chi connectivity index (χ3n) is 16.3. The van der Waals surface area contributed by atoms with E-state index >= 15 is 0 Å². The second-order valence-corrected chi connectivity index (χ2v) is 24.2. The standard InChI is InChI=1S/C65H106Br2N2O2/c1-5-9-13-17-21-25-29-33-40-54(41-34-30-26-22-18-14-10-6-2)44-37-38-50-68-60-52-56(66)46-48-58(60)62(64(68)70)63-59-49-47-57(67)53-61(59)69(65(63)71)51-39-45-55(42-35-31-27-23-19-15-11-7-3)43-36-32-28-24-20-16-12-8-4/h46-49,52-55H,5-45,50-51H2,1-4H3/b63-62+. The Hall–Kier alpha value is -1.92. The Morgan fingerprint density at radius 1 is 0.338 bits per heavy atom. The minimum atomic E-state index is -0.0117. The van der Waals surface area contributed by atoms with E-state index in [-0.39, 0.29) is 11.8 Å². The van der Waals surface area contributed by atoms with Gasteiger partial charge < -0.3 is 9.80 Å². The zero-order chi connectivity index (χ0) is 50.7. The summed E-state index contributed by atoms with van der Waals surface area (Å²) in [7, 11) is 0. The molecule has 2 heterocycles. The van der Waals surface area contributed by atoms with Crippen LogP contribution >= 0.6 is 31.9 Å². The third-order valence-corrected chi connectivity index (χ3v) is 17.3. The van der Waals surface area contributed by atoms with Crippen LogP contribution in [0.1, 0.15) is 302 Å². The minimum absolute atomic E-state index is 0.00961. The highest BCUT2D eigenvalue weighted by molar-refractivity contribution is 9.10. The quantitative estimate of drug-likeness (QED) is 0.0490. The second kappa shape index (κ2) is 38.6. The molecule has 2 aliphatic rings. The lowest BCUT2D eigenvalue weighted by Crippen LogP contribution is -2.30. The number of anilines is 2. The molecule has 402 valence electrons. The normalized spacial score (nSPS) is 14.6. The number of carbonyl (C=O) groups excluding carboxylic acids is 2. The van der Waals surface area contributed by atoms with Crippen molar-refractivity contribution in [2.45, 2.75) is 291 Å². The van der Waals surface area contributed by atoms with E-state index in [1.54, 1.807) is 0 Å². The topological polar surface area (TPSA) is 40.6 Å². The number of halogens is 2. The van der Waals surface area contributed by atoms with Gasteiger partial charge in [-0.3, -0.25) is 9.59 Å². The summed E-state index contributed by atoms with van der Waals surface area (Å²) in [5, 5.41) is 0. The number of carbonyl (C=O) groups is 2. The molecule has 0 spiro atoms. The number of hydrogen-bond acceptors (Lipinski definition) is 2. The van der Waals surface area contributed by atoms with Crippen LogP contribution in [0.15, 0.2) is 45.3 Å². The lowest BCUT2D eigenvalue weighted by atomic mass is 9.89. The number of amides is 2. The van der Waals surface area contributed by atoms with Gasteiger partial charge in [0.05, 0.1) is 22.5 Å². The molecule has 2 aliphatic heterocycles. The average Bonchev–Trinajstić information content (AvgIpc) is 3.78. The first-order valence-corrected chi connectivity index (χ1v) is 32.4. The van der Waals surface area contributed by atoms with Gasteiger partial charge in [0, 0.05) is 33.2 Å². The Labute approximate surface area is 455 Å². The van der Waals surface area contributed by atoms with Crippen molar-refractivity contribution in [3.8, 4) is 0 Å². The highest BCUT2D eigenvalue weighted by atomic mass is 79.9. The van der Waals surface area contributed by atoms with Crippen LogP contribution in [0.4, 0.5) is 11.4 Å². The molecule has 0 saturated heterocycles. The van der Waals surface area contributed by atoms with Gasteiger partial charge in [-0.25, -0.2) is 0 Å². The van der Waals surface area contributed by atoms with E-state index in [4.69, 9.17) is 0 Å². The van der Waals surface area contributed by atoms with E-state index in [0.29, 0.717) is 30.2 Å². The summed E-state index contributed by atoms with van der Waals surface area (Å²) in [6.45, 7) is 10.6. The summed E-state index contributed by atoms with van der Waals surface area (Å²) < 4.78 is 1.93. The maximum atomic E-state index is 14.9. The third kappa shape index (κ3) is 23.2. The zero-order valence-electron chi connectivity index (χ0n) is 46.5. The maximum absolute atomic E-state index is 14.9. The first-order chi connectivity index (χ1) is 34.8. The summed E-state index contributed by atoms with van der Waals surface area (Å²) in [5.74, 6) is 1.48. The monoisotopic (exact) mass is 1100 g/mol. The van der Waals surface area contributed by atoms with Crippen LogP contribution < -0.4 is 9.80 Å². The largest absolute Gasteiger partial charge is 0.308 e. The molecule has 0 radical (unpaired) electrons. The number of rotatable bonds is 45. The van der Waals surface area contributed by atoms with Crippen LogP contribution in [0.3, 0.4) is 0 Å². The van der Waals surface area contributed by atoms with Gasteiger partial charge >= 0.3 is 0 Å². The summed E-state index contributed by atoms with van der Waals surface area (Å²) in [4.78, 5) is 33.8. The Morgan fingerprint density at radius 2 is 0.592 bits per heavy atom. The molecule has 2 aromatic rings. The molecule has 71 heavy (non-hydrogen) atoms. The smallest absolute Gasteiger partial charge is 0.259 e. The van der Waals surface area contributed by atoms with Crippen molar-refractivity contribution in [2.24, 2.45) is 11.8 Å². The van der Waals surface area contributed by atoms with E-state index in [9.17, 15) is 9.59 Å². The van der Waals surface area contributed by atoms with E-state index in [0.717, 1.165) is 63.0 Å². The Morgan fingerprint density at radius 3 is 0.901 bits per heavy atom. The molecule has 0 N–H and O–H groups in total. The van der Waals surface area contributed by atoms with Crippen molar-refractivity contribution in [2.75, 3.05) is 22.9 Å². The zero-order valence-corrected chi connectivity index (χ0v) is 49.7. The van der Waals surface area contributed by atoms with Crippen molar-refractivity contribution >= 4 is 66.2 Å². The predicted molar refractivity (Wildman–Crippen MR) is 319 cm³/mol. The van der Waals surface area contributed by atoms with Gasteiger partial charge in [-0.1, -0.05) is 316 Å². The Bertz CT molecular complexity index is 1730. The first kappa shape index (κ1) is 61.6. The molecular weight excluding hydrogens is 1000 g/mol. The number of fused-ring (bicyclic) bond motifs is 2. The highest BCUT2D eigenvalue weighted by Gasteiger charge is 2.42. The van der Waals surface area contributed by atoms with Gasteiger partial charge in [0.25, 0.3) is 11.8 Å². The first-order valence-electron chi connectivity index (χ1n) is 30.8. The molecule has 0 bridgehead atoms. The molecule has 4 nitrogen and oxygen atoms in total. The molecular formula is C65H106Br2N2O2. The maximum Gasteiger partial charge on any atom is 0.259 e. The van der Waals surface area contributed by atoms with Crippen molar-refractivity contribution in [1.82, 2.24) is 0 Å². The van der Waals surface area contributed by atoms with Gasteiger partial charge in [0.15, 0.2) is 0 Å². The van der Waals surface area contributed by atoms with Crippen molar-refractivity contribution in [3.63, 3.8) is 0 Å². The van der Waals surface area contributed by atoms with Crippen LogP contribution in [0.2, 0.25) is 0 Å². The lowest BCUT2D eigenvalue weighted by Gasteiger charge is -2.21. The summed E-state index contributed by atoms with van der Waals surface area (Å²) in [5.41, 5.74) is 4.86. The van der Waals surface area contributed by atoms with Gasteiger partial charge in [0.2, 0.25) is 0 Å². The van der Waals surface area contributed by atoms with Crippen LogP contribution in [0, 0.1) is 11.8 Å². The van der Waals surface area contributed by atoms with Crippen LogP contribution in [0.25, 0.3) is 11.1 Å². The van der Waals surface area contributed by atoms with Crippen molar-refractivity contribution < 1.29 is 9.59 Å². The van der Waals surface area contributed by atoms with Gasteiger partial charge in [-0.2, -0.15) is 0 Å². The van der Waals surface area contributed by atoms with Gasteiger partial charge in [-0.05, 0) is 55.4 Å². The molecule has 6 heteroatoms. The molecule has 0 unspecified atom stereocenters. The molecule has 0 aliphatic carbocycles. The van der Waals surface area contributed by atoms with Crippen LogP contribution in [-0.2, 0) is 9.59 Å². The van der Waals surface area contributed by atoms with Gasteiger partial charge in [0.1, 0.15) is 0 Å². The number of unbranched alkanes of at least 4 members (excludes halogenated alkanes) is 29. The number of nitrogens with zero attached hydrogens (tertiary/aromatic N) is 2. The Kier molecular flexibility index (Phi) is 33.5. The van der Waals surface area contributed by atoms with Gasteiger partial charge in [-0.15, -0.1) is 0 Å². The fraction of sp³-hybridized carbons (Fsp3) is 0.754. The molecule has 0 aromatic heterocycles. The van der Waals surface area contributed by atoms with Crippen LogP contribution in [-0.4, -0.2) is 24.9 Å². The molecule has 2 aromatic carbocycles. The summed E-state index contributed by atoms with van der Waals surface area (Å²) in [6, 6.07) is 12.4. The summed E-state index contributed by atoms with van der Waals surface area (Å²) in [6.07, 6.45) is 54.7. The summed E-state index contributed by atoms with van der Waals surface area (Å²) >= 11 is 7.50. The van der Waals surface area contributed by atoms with E-state index < -0.39 is 0 Å². The molecule has 0 saturated carbocycles. The molecule has 0 fully saturated rings. The molecule has 4 rings (SSSR count). The predicted octanol–water partition coefficient (Wildman–Crippen LogP) is 22.1. The van der Waals surface area contributed by atoms with E-state index in [1.807, 2.05) is 21.9 Å². The SMILES string of the molecule is CCCCCCCCCCC(CCCCCCCCCC)CCCCN1C(=O)/C(=C2/C(=O)N(CCCC(CCCCCCCCCC)CCCCCCCCCC)c3cc(Br)ccc32)c2ccc(Br)cc21. The fourth-order valence-corrected chi connectivity index (χ4v) is 12.6. The lowest BCUT2D eigenvalue weighted by molar-refractivity contribution is -0.114. The number of benzene rings is 2. The molecule has 0 atom stereocenters. The second-order valence-electron chi connectivity index (χ2n) is 22.4. The Balaban J connectivity index is 1.40. The van der Waals surface area contributed by atoms with Crippen molar-refractivity contribution in [1.29, 1.82) is 0 Å². The van der Waals surface area contributed by atoms with E-state index in [1.165, 1.54) is 238 Å². The molecule has 2 amide bonds. The number of hydrogen-bond donors (Lipinski definition) is 0. The van der Waals surface area contributed by atoms with Crippen molar-refractivity contribution in [3.05, 3.63) is 56.5 Å². The average molecular weight is 1110 g/mol. The fourth-order valence-electron chi connectivity index (χ4n) is 11.9. The minimum Gasteiger partial charge on any atom is -0.308 e.